The molecule has 118 valence electrons. The van der Waals surface area contributed by atoms with Crippen molar-refractivity contribution in [2.75, 3.05) is 0 Å². The number of hydrogen-bond acceptors (Lipinski definition) is 2. The van der Waals surface area contributed by atoms with E-state index >= 15 is 0 Å². The van der Waals surface area contributed by atoms with Gasteiger partial charge in [-0.25, -0.2) is 0 Å². The second-order valence-electron chi connectivity index (χ2n) is 5.71. The van der Waals surface area contributed by atoms with Crippen LogP contribution >= 0.6 is 0 Å². The van der Waals surface area contributed by atoms with Gasteiger partial charge in [0, 0.05) is 5.97 Å². The predicted octanol–water partition coefficient (Wildman–Crippen LogP) is 1.78. The molecule has 3 heteroatoms. The second kappa shape index (κ2) is 21.3. The van der Waals surface area contributed by atoms with Crippen LogP contribution in [0.3, 0.4) is 0 Å². The minimum Gasteiger partial charge on any atom is -0.550 e. The summed E-state index contributed by atoms with van der Waals surface area (Å²) in [7, 11) is 0. The van der Waals surface area contributed by atoms with Crippen LogP contribution < -0.4 is 74.0 Å². The minimum atomic E-state index is -0.911. The molecule has 0 bridgehead atoms. The Bertz CT molecular complexity index is 239. The Morgan fingerprint density at radius 3 is 1.67 bits per heavy atom. The van der Waals surface area contributed by atoms with Gasteiger partial charge in [-0.2, -0.15) is 0 Å². The zero-order chi connectivity index (χ0) is 14.9. The Hall–Kier alpha value is 1.26. The maximum absolute atomic E-state index is 10.2. The van der Waals surface area contributed by atoms with Crippen molar-refractivity contribution in [1.29, 1.82) is 0 Å². The Balaban J connectivity index is 0. The van der Waals surface area contributed by atoms with E-state index in [-0.39, 0.29) is 75.3 Å². The third kappa shape index (κ3) is 23.7. The van der Waals surface area contributed by atoms with E-state index in [0.717, 1.165) is 12.8 Å². The molecule has 2 nitrogen and oxygen atoms in total. The molecule has 0 aliphatic carbocycles. The Kier molecular flexibility index (Phi) is 24.8. The topological polar surface area (TPSA) is 40.1 Å². The molecule has 0 amide bonds. The summed E-state index contributed by atoms with van der Waals surface area (Å²) in [6, 6.07) is 0. The van der Waals surface area contributed by atoms with E-state index in [9.17, 15) is 9.90 Å². The number of allylic oxidation sites excluding steroid dienone is 2. The van der Waals surface area contributed by atoms with Crippen molar-refractivity contribution in [2.24, 2.45) is 0 Å². The van der Waals surface area contributed by atoms with Gasteiger partial charge in [-0.15, -0.1) is 0 Å². The summed E-state index contributed by atoms with van der Waals surface area (Å²) in [4.78, 5) is 10.2. The average molecular weight is 414 g/mol. The van der Waals surface area contributed by atoms with E-state index in [0.29, 0.717) is 0 Å². The first kappa shape index (κ1) is 24.5. The SMILES string of the molecule is CCCCCC/C=C\CCCCCCCCCC(=O)[O-].[Cs+]. The summed E-state index contributed by atoms with van der Waals surface area (Å²) in [6.07, 6.45) is 20.9. The van der Waals surface area contributed by atoms with Crippen LogP contribution in [-0.2, 0) is 4.79 Å². The number of rotatable bonds is 15. The molecule has 0 aliphatic heterocycles. The van der Waals surface area contributed by atoms with E-state index in [2.05, 4.69) is 19.1 Å². The molecule has 0 rings (SSSR count). The number of hydrogen-bond donors (Lipinski definition) is 0. The molecule has 0 saturated heterocycles. The third-order valence-corrected chi connectivity index (χ3v) is 3.64. The summed E-state index contributed by atoms with van der Waals surface area (Å²) < 4.78 is 0. The number of aliphatic carboxylic acids is 1. The monoisotopic (exact) mass is 414 g/mol. The van der Waals surface area contributed by atoms with Gasteiger partial charge < -0.3 is 9.90 Å². The van der Waals surface area contributed by atoms with E-state index in [1.807, 2.05) is 0 Å². The van der Waals surface area contributed by atoms with Crippen LogP contribution in [0, 0.1) is 0 Å². The maximum atomic E-state index is 10.2. The Morgan fingerprint density at radius 1 is 0.762 bits per heavy atom. The molecule has 0 heterocycles. The van der Waals surface area contributed by atoms with Crippen molar-refractivity contribution in [3.63, 3.8) is 0 Å². The molecule has 0 fully saturated rings. The zero-order valence-electron chi connectivity index (χ0n) is 14.4. The molecule has 21 heavy (non-hydrogen) atoms. The number of unbranched alkanes of at least 4 members (excludes halogenated alkanes) is 11. The molecule has 0 aliphatic rings. The molecule has 0 spiro atoms. The van der Waals surface area contributed by atoms with Crippen molar-refractivity contribution in [2.45, 2.75) is 96.8 Å². The summed E-state index contributed by atoms with van der Waals surface area (Å²) in [5.41, 5.74) is 0. The summed E-state index contributed by atoms with van der Waals surface area (Å²) in [5.74, 6) is -0.911. The van der Waals surface area contributed by atoms with Crippen LogP contribution in [-0.4, -0.2) is 5.97 Å². The molecule has 0 aromatic rings. The number of carboxylic acid groups (broad SMARTS) is 1. The summed E-state index contributed by atoms with van der Waals surface area (Å²) in [6.45, 7) is 2.25. The molecule has 0 atom stereocenters. The van der Waals surface area contributed by atoms with Crippen molar-refractivity contribution in [3.05, 3.63) is 12.2 Å². The van der Waals surface area contributed by atoms with Gasteiger partial charge in [0.25, 0.3) is 0 Å². The average Bonchev–Trinajstić information content (AvgIpc) is 2.43. The van der Waals surface area contributed by atoms with E-state index in [1.54, 1.807) is 0 Å². The first-order chi connectivity index (χ1) is 9.77. The minimum absolute atomic E-state index is 0. The van der Waals surface area contributed by atoms with Gasteiger partial charge in [0.2, 0.25) is 0 Å². The van der Waals surface area contributed by atoms with Crippen LogP contribution in [0.4, 0.5) is 0 Å². The predicted molar refractivity (Wildman–Crippen MR) is 84.5 cm³/mol. The maximum Gasteiger partial charge on any atom is 1.00 e. The number of carbonyl (C=O) groups excluding carboxylic acids is 1. The Morgan fingerprint density at radius 2 is 1.19 bits per heavy atom. The standard InChI is InChI=1S/C18H34O2.Cs/c1-2-3-4-5-6-7-8-9-10-11-12-13-14-15-16-17-18(19)20;/h7-8H,2-6,9-17H2,1H3,(H,19,20);/q;+1/p-1/b8-7-;. The first-order valence-electron chi connectivity index (χ1n) is 8.62. The van der Waals surface area contributed by atoms with Crippen molar-refractivity contribution >= 4 is 5.97 Å². The summed E-state index contributed by atoms with van der Waals surface area (Å²) in [5, 5.41) is 10.2. The quantitative estimate of drug-likeness (QED) is 0.303. The van der Waals surface area contributed by atoms with Gasteiger partial charge in [0.05, 0.1) is 0 Å². The van der Waals surface area contributed by atoms with Gasteiger partial charge in [-0.1, -0.05) is 70.4 Å². The second-order valence-corrected chi connectivity index (χ2v) is 5.71. The molecular formula is C18H33CsO2. The normalized spacial score (nSPS) is 10.7. The van der Waals surface area contributed by atoms with E-state index in [1.165, 1.54) is 70.6 Å². The fourth-order valence-electron chi connectivity index (χ4n) is 2.34. The fraction of sp³-hybridized carbons (Fsp3) is 0.833. The van der Waals surface area contributed by atoms with Gasteiger partial charge >= 0.3 is 68.9 Å². The van der Waals surface area contributed by atoms with Gasteiger partial charge in [-0.3, -0.25) is 0 Å². The van der Waals surface area contributed by atoms with Crippen LogP contribution in [0.2, 0.25) is 0 Å². The molecule has 0 unspecified atom stereocenters. The van der Waals surface area contributed by atoms with Crippen LogP contribution in [0.25, 0.3) is 0 Å². The van der Waals surface area contributed by atoms with Crippen LogP contribution in [0.5, 0.6) is 0 Å². The van der Waals surface area contributed by atoms with Gasteiger partial charge in [-0.05, 0) is 38.5 Å². The zero-order valence-corrected chi connectivity index (χ0v) is 20.7. The first-order valence-corrected chi connectivity index (χ1v) is 8.62. The van der Waals surface area contributed by atoms with Crippen molar-refractivity contribution in [1.82, 2.24) is 0 Å². The fourth-order valence-corrected chi connectivity index (χ4v) is 2.34. The largest absolute Gasteiger partial charge is 1.00 e. The number of carbonyl (C=O) groups is 1. The number of carboxylic acids is 1. The third-order valence-electron chi connectivity index (χ3n) is 3.64. The summed E-state index contributed by atoms with van der Waals surface area (Å²) >= 11 is 0. The van der Waals surface area contributed by atoms with Crippen LogP contribution in [0.1, 0.15) is 96.8 Å². The molecular weight excluding hydrogens is 381 g/mol. The van der Waals surface area contributed by atoms with Crippen molar-refractivity contribution < 1.29 is 78.8 Å². The molecule has 0 N–H and O–H groups in total. The van der Waals surface area contributed by atoms with Gasteiger partial charge in [0.1, 0.15) is 0 Å². The van der Waals surface area contributed by atoms with Crippen LogP contribution in [0.15, 0.2) is 12.2 Å². The molecule has 0 saturated carbocycles. The van der Waals surface area contributed by atoms with E-state index < -0.39 is 5.97 Å². The molecule has 0 radical (unpaired) electrons. The Labute approximate surface area is 191 Å². The smallest absolute Gasteiger partial charge is 0.550 e. The molecule has 0 aromatic carbocycles. The van der Waals surface area contributed by atoms with E-state index in [4.69, 9.17) is 0 Å². The van der Waals surface area contributed by atoms with Gasteiger partial charge in [0.15, 0.2) is 0 Å². The van der Waals surface area contributed by atoms with Crippen molar-refractivity contribution in [3.8, 4) is 0 Å². The molecule has 0 aromatic heterocycles.